The monoisotopic (exact) mass is 247 g/mol. The Morgan fingerprint density at radius 3 is 2.72 bits per heavy atom. The predicted molar refractivity (Wildman–Crippen MR) is 66.1 cm³/mol. The number of nitrogens with one attached hydrogen (secondary N) is 1. The first-order valence-corrected chi connectivity index (χ1v) is 5.27. The summed E-state index contributed by atoms with van der Waals surface area (Å²) in [4.78, 5) is 12.9. The normalized spacial score (nSPS) is 10.1. The number of benzene rings is 1. The number of nitrogens with zero attached hydrogens (tertiary/aromatic N) is 3. The Hall–Kier alpha value is -2.57. The van der Waals surface area contributed by atoms with Crippen LogP contribution in [0.3, 0.4) is 0 Å². The third-order valence-electron chi connectivity index (χ3n) is 2.21. The van der Waals surface area contributed by atoms with Gasteiger partial charge in [0.15, 0.2) is 5.82 Å². The Morgan fingerprint density at radius 1 is 1.44 bits per heavy atom. The van der Waals surface area contributed by atoms with Crippen molar-refractivity contribution in [2.45, 2.75) is 6.54 Å². The van der Waals surface area contributed by atoms with Crippen LogP contribution in [0.15, 0.2) is 30.5 Å². The van der Waals surface area contributed by atoms with Crippen LogP contribution in [0, 0.1) is 0 Å². The Bertz CT molecular complexity index is 535. The van der Waals surface area contributed by atoms with Crippen LogP contribution in [0.2, 0.25) is 0 Å². The van der Waals surface area contributed by atoms with E-state index < -0.39 is 0 Å². The summed E-state index contributed by atoms with van der Waals surface area (Å²) in [6, 6.07) is 7.03. The van der Waals surface area contributed by atoms with E-state index in [4.69, 9.17) is 10.5 Å². The van der Waals surface area contributed by atoms with Gasteiger partial charge in [0, 0.05) is 5.69 Å². The van der Waals surface area contributed by atoms with Crippen molar-refractivity contribution in [1.29, 1.82) is 0 Å². The molecule has 0 fully saturated rings. The molecule has 0 aliphatic rings. The number of rotatable bonds is 4. The molecule has 0 saturated carbocycles. The van der Waals surface area contributed by atoms with E-state index in [1.165, 1.54) is 11.0 Å². The molecule has 0 aliphatic heterocycles. The molecular formula is C11H13N5O2. The molecule has 0 saturated heterocycles. The van der Waals surface area contributed by atoms with Crippen molar-refractivity contribution in [2.75, 3.05) is 18.2 Å². The molecule has 0 radical (unpaired) electrons. The summed E-state index contributed by atoms with van der Waals surface area (Å²) < 4.78 is 5.02. The largest absolute Gasteiger partial charge is 0.497 e. The lowest BCUT2D eigenvalue weighted by atomic mass is 10.3. The number of carbonyl (C=O) groups is 1. The topological polar surface area (TPSA) is 95.1 Å². The van der Waals surface area contributed by atoms with Crippen molar-refractivity contribution in [3.05, 3.63) is 30.5 Å². The minimum atomic E-state index is -0.226. The zero-order valence-electron chi connectivity index (χ0n) is 9.83. The molecule has 7 nitrogen and oxygen atoms in total. The van der Waals surface area contributed by atoms with Gasteiger partial charge < -0.3 is 15.8 Å². The molecule has 1 amide bonds. The van der Waals surface area contributed by atoms with Crippen LogP contribution >= 0.6 is 0 Å². The number of hydrogen-bond acceptors (Lipinski definition) is 5. The summed E-state index contributed by atoms with van der Waals surface area (Å²) in [5.74, 6) is 0.789. The molecule has 0 aliphatic carbocycles. The quantitative estimate of drug-likeness (QED) is 0.820. The summed E-state index contributed by atoms with van der Waals surface area (Å²) in [6.45, 7) is 0.0171. The van der Waals surface area contributed by atoms with Crippen molar-refractivity contribution >= 4 is 17.4 Å². The zero-order chi connectivity index (χ0) is 13.0. The van der Waals surface area contributed by atoms with E-state index in [1.54, 1.807) is 31.4 Å². The van der Waals surface area contributed by atoms with Crippen molar-refractivity contribution in [3.63, 3.8) is 0 Å². The second kappa shape index (κ2) is 5.17. The molecule has 1 aromatic carbocycles. The molecule has 0 bridgehead atoms. The minimum absolute atomic E-state index is 0.0171. The van der Waals surface area contributed by atoms with Gasteiger partial charge in [-0.25, -0.2) is 0 Å². The van der Waals surface area contributed by atoms with Gasteiger partial charge >= 0.3 is 0 Å². The molecule has 2 aromatic rings. The Balaban J connectivity index is 1.94. The number of ether oxygens (including phenoxy) is 1. The molecular weight excluding hydrogens is 234 g/mol. The summed E-state index contributed by atoms with van der Waals surface area (Å²) in [5, 5.41) is 10.4. The first-order valence-electron chi connectivity index (χ1n) is 5.27. The highest BCUT2D eigenvalue weighted by atomic mass is 16.5. The number of anilines is 2. The highest BCUT2D eigenvalue weighted by Gasteiger charge is 2.05. The van der Waals surface area contributed by atoms with E-state index in [-0.39, 0.29) is 18.3 Å². The first-order chi connectivity index (χ1) is 8.67. The number of amides is 1. The van der Waals surface area contributed by atoms with E-state index in [1.807, 2.05) is 0 Å². The number of nitrogens with two attached hydrogens (primary N) is 1. The van der Waals surface area contributed by atoms with Crippen LogP contribution in [0.4, 0.5) is 11.5 Å². The summed E-state index contributed by atoms with van der Waals surface area (Å²) >= 11 is 0. The first kappa shape index (κ1) is 11.9. The molecule has 0 atom stereocenters. The van der Waals surface area contributed by atoms with Gasteiger partial charge in [-0.1, -0.05) is 0 Å². The fourth-order valence-corrected chi connectivity index (χ4v) is 1.39. The van der Waals surface area contributed by atoms with Crippen LogP contribution in [0.1, 0.15) is 0 Å². The summed E-state index contributed by atoms with van der Waals surface area (Å²) in [6.07, 6.45) is 1.39. The van der Waals surface area contributed by atoms with Crippen molar-refractivity contribution < 1.29 is 9.53 Å². The van der Waals surface area contributed by atoms with Gasteiger partial charge in [-0.3, -0.25) is 4.79 Å². The molecule has 18 heavy (non-hydrogen) atoms. The molecule has 1 heterocycles. The number of methoxy groups -OCH3 is 1. The minimum Gasteiger partial charge on any atom is -0.497 e. The lowest BCUT2D eigenvalue weighted by molar-refractivity contribution is -0.117. The van der Waals surface area contributed by atoms with Crippen LogP contribution in [-0.4, -0.2) is 28.0 Å². The molecule has 1 aromatic heterocycles. The predicted octanol–water partition coefficient (Wildman–Crippen LogP) is 0.508. The fourth-order valence-electron chi connectivity index (χ4n) is 1.39. The Kier molecular flexibility index (Phi) is 3.42. The second-order valence-electron chi connectivity index (χ2n) is 3.58. The van der Waals surface area contributed by atoms with Gasteiger partial charge in [-0.15, -0.1) is 5.10 Å². The molecule has 2 rings (SSSR count). The van der Waals surface area contributed by atoms with Gasteiger partial charge in [0.1, 0.15) is 12.3 Å². The van der Waals surface area contributed by atoms with E-state index in [0.717, 1.165) is 5.75 Å². The summed E-state index contributed by atoms with van der Waals surface area (Å²) in [5.41, 5.74) is 6.08. The summed E-state index contributed by atoms with van der Waals surface area (Å²) in [7, 11) is 1.58. The van der Waals surface area contributed by atoms with Crippen molar-refractivity contribution in [1.82, 2.24) is 15.0 Å². The lowest BCUT2D eigenvalue weighted by Crippen LogP contribution is -2.20. The third-order valence-corrected chi connectivity index (χ3v) is 2.21. The third kappa shape index (κ3) is 2.97. The average Bonchev–Trinajstić information content (AvgIpc) is 2.75. The Labute approximate surface area is 104 Å². The maximum atomic E-state index is 11.7. The van der Waals surface area contributed by atoms with Gasteiger partial charge in [0.2, 0.25) is 5.91 Å². The van der Waals surface area contributed by atoms with Crippen LogP contribution < -0.4 is 15.8 Å². The van der Waals surface area contributed by atoms with Crippen molar-refractivity contribution in [3.8, 4) is 5.75 Å². The van der Waals surface area contributed by atoms with Crippen LogP contribution in [0.25, 0.3) is 0 Å². The Morgan fingerprint density at radius 2 is 2.17 bits per heavy atom. The van der Waals surface area contributed by atoms with Gasteiger partial charge in [0.25, 0.3) is 0 Å². The second-order valence-corrected chi connectivity index (χ2v) is 3.58. The standard InChI is InChI=1S/C11H13N5O2/c1-18-9-4-2-8(3-5-9)14-11(17)7-16-13-6-10(12)15-16/h2-6H,7H2,1H3,(H2,12,15)(H,14,17). The van der Waals surface area contributed by atoms with Gasteiger partial charge in [-0.05, 0) is 24.3 Å². The highest BCUT2D eigenvalue weighted by Crippen LogP contribution is 2.14. The highest BCUT2D eigenvalue weighted by molar-refractivity contribution is 5.90. The number of nitrogen functional groups attached to an aromatic ring is 1. The van der Waals surface area contributed by atoms with E-state index in [2.05, 4.69) is 15.5 Å². The number of hydrogen-bond donors (Lipinski definition) is 2. The van der Waals surface area contributed by atoms with E-state index in [0.29, 0.717) is 5.69 Å². The van der Waals surface area contributed by atoms with E-state index >= 15 is 0 Å². The fraction of sp³-hybridized carbons (Fsp3) is 0.182. The molecule has 0 unspecified atom stereocenters. The number of carbonyl (C=O) groups excluding carboxylic acids is 1. The molecule has 7 heteroatoms. The number of aromatic nitrogens is 3. The van der Waals surface area contributed by atoms with E-state index in [9.17, 15) is 4.79 Å². The zero-order valence-corrected chi connectivity index (χ0v) is 9.83. The molecule has 94 valence electrons. The lowest BCUT2D eigenvalue weighted by Gasteiger charge is -2.05. The molecule has 0 spiro atoms. The molecule has 3 N–H and O–H groups in total. The van der Waals surface area contributed by atoms with Gasteiger partial charge in [0.05, 0.1) is 13.3 Å². The smallest absolute Gasteiger partial charge is 0.247 e. The average molecular weight is 247 g/mol. The van der Waals surface area contributed by atoms with Crippen LogP contribution in [-0.2, 0) is 11.3 Å². The van der Waals surface area contributed by atoms with Crippen molar-refractivity contribution in [2.24, 2.45) is 0 Å². The SMILES string of the molecule is COc1ccc(NC(=O)Cn2ncc(N)n2)cc1. The van der Waals surface area contributed by atoms with Crippen LogP contribution in [0.5, 0.6) is 5.75 Å². The van der Waals surface area contributed by atoms with Gasteiger partial charge in [-0.2, -0.15) is 9.90 Å². The maximum Gasteiger partial charge on any atom is 0.247 e. The maximum absolute atomic E-state index is 11.7.